The van der Waals surface area contributed by atoms with Crippen LogP contribution in [0.3, 0.4) is 0 Å². The van der Waals surface area contributed by atoms with E-state index in [1.54, 1.807) is 42.2 Å². The number of ether oxygens (including phenoxy) is 4. The third kappa shape index (κ3) is 9.38. The lowest BCUT2D eigenvalue weighted by Gasteiger charge is -2.31. The van der Waals surface area contributed by atoms with E-state index in [9.17, 15) is 19.5 Å². The Morgan fingerprint density at radius 1 is 1.08 bits per heavy atom. The van der Waals surface area contributed by atoms with Gasteiger partial charge in [0.1, 0.15) is 5.60 Å². The van der Waals surface area contributed by atoms with Gasteiger partial charge < -0.3 is 33.9 Å². The number of methoxy groups -OCH3 is 2. The molecule has 0 bridgehead atoms. The maximum Gasteiger partial charge on any atom is 0.410 e. The van der Waals surface area contributed by atoms with Gasteiger partial charge in [-0.15, -0.1) is 0 Å². The first-order chi connectivity index (χ1) is 17.9. The third-order valence-corrected chi connectivity index (χ3v) is 6.43. The van der Waals surface area contributed by atoms with Crippen LogP contribution in [0.2, 0.25) is 0 Å². The fourth-order valence-electron chi connectivity index (χ4n) is 4.51. The van der Waals surface area contributed by atoms with Crippen LogP contribution in [0.1, 0.15) is 64.2 Å². The average Bonchev–Trinajstić information content (AvgIpc) is 3.25. The van der Waals surface area contributed by atoms with Crippen molar-refractivity contribution in [1.29, 1.82) is 0 Å². The molecule has 1 aromatic carbocycles. The molecule has 214 valence electrons. The highest BCUT2D eigenvalue weighted by Gasteiger charge is 2.39. The van der Waals surface area contributed by atoms with Gasteiger partial charge in [0.05, 0.1) is 13.7 Å². The molecule has 1 saturated heterocycles. The van der Waals surface area contributed by atoms with E-state index in [-0.39, 0.29) is 30.2 Å². The zero-order valence-corrected chi connectivity index (χ0v) is 23.8. The van der Waals surface area contributed by atoms with E-state index in [1.165, 1.54) is 0 Å². The van der Waals surface area contributed by atoms with Crippen LogP contribution in [0.15, 0.2) is 18.2 Å². The van der Waals surface area contributed by atoms with Gasteiger partial charge in [-0.3, -0.25) is 9.59 Å². The molecule has 2 rings (SSSR count). The van der Waals surface area contributed by atoms with Crippen molar-refractivity contribution >= 4 is 18.0 Å². The largest absolute Gasteiger partial charge is 0.493 e. The number of amides is 2. The van der Waals surface area contributed by atoms with E-state index in [1.807, 2.05) is 34.6 Å². The van der Waals surface area contributed by atoms with Crippen LogP contribution >= 0.6 is 0 Å². The quantitative estimate of drug-likeness (QED) is 0.371. The number of rotatable bonds is 13. The Kier molecular flexibility index (Phi) is 11.7. The SMILES string of the molecule is COCCCOc1cc(C(=O)N(C[C@@H]2CN(C(=O)OC(C)(C)C)C[C@H]2CCC(=O)O)C(C)C)ccc1OC. The summed E-state index contributed by atoms with van der Waals surface area (Å²) in [5.74, 6) is -0.189. The van der Waals surface area contributed by atoms with E-state index in [2.05, 4.69) is 0 Å². The lowest BCUT2D eigenvalue weighted by atomic mass is 9.90. The number of benzene rings is 1. The third-order valence-electron chi connectivity index (χ3n) is 6.43. The lowest BCUT2D eigenvalue weighted by molar-refractivity contribution is -0.137. The highest BCUT2D eigenvalue weighted by molar-refractivity contribution is 5.95. The van der Waals surface area contributed by atoms with Gasteiger partial charge in [-0.25, -0.2) is 4.79 Å². The van der Waals surface area contributed by atoms with Gasteiger partial charge in [0, 0.05) is 57.8 Å². The normalized spacial score (nSPS) is 17.4. The minimum atomic E-state index is -0.882. The summed E-state index contributed by atoms with van der Waals surface area (Å²) in [5, 5.41) is 9.26. The molecule has 1 fully saturated rings. The van der Waals surface area contributed by atoms with Crippen LogP contribution in [0.25, 0.3) is 0 Å². The van der Waals surface area contributed by atoms with Crippen LogP contribution in [-0.4, -0.2) is 91.6 Å². The van der Waals surface area contributed by atoms with Crippen LogP contribution in [0.5, 0.6) is 11.5 Å². The van der Waals surface area contributed by atoms with E-state index < -0.39 is 17.7 Å². The molecule has 1 aliphatic heterocycles. The van der Waals surface area contributed by atoms with Crippen molar-refractivity contribution in [2.24, 2.45) is 11.8 Å². The maximum absolute atomic E-state index is 13.7. The first kappa shape index (κ1) is 31.2. The Hall–Kier alpha value is -3.01. The second kappa shape index (κ2) is 14.2. The molecule has 10 nitrogen and oxygen atoms in total. The number of carboxylic acids is 1. The minimum Gasteiger partial charge on any atom is -0.493 e. The monoisotopic (exact) mass is 536 g/mol. The van der Waals surface area contributed by atoms with Crippen LogP contribution < -0.4 is 9.47 Å². The number of carbonyl (C=O) groups excluding carboxylic acids is 2. The summed E-state index contributed by atoms with van der Waals surface area (Å²) in [7, 11) is 3.18. The van der Waals surface area contributed by atoms with Gasteiger partial charge in [0.25, 0.3) is 5.91 Å². The molecule has 0 spiro atoms. The number of likely N-dealkylation sites (tertiary alicyclic amines) is 1. The number of aliphatic carboxylic acids is 1. The first-order valence-corrected chi connectivity index (χ1v) is 13.2. The first-order valence-electron chi connectivity index (χ1n) is 13.2. The standard InChI is InChI=1S/C28H44N2O8/c1-19(2)30(26(33)20-9-11-23(36-7)24(15-20)37-14-8-13-35-6)18-22-17-29(27(34)38-28(3,4)5)16-21(22)10-12-25(31)32/h9,11,15,19,21-22H,8,10,12-14,16-18H2,1-7H3,(H,31,32)/t21-,22+/m1/s1. The van der Waals surface area contributed by atoms with E-state index in [0.717, 1.165) is 0 Å². The lowest BCUT2D eigenvalue weighted by Crippen LogP contribution is -2.42. The van der Waals surface area contributed by atoms with Crippen molar-refractivity contribution in [3.05, 3.63) is 23.8 Å². The predicted molar refractivity (Wildman–Crippen MR) is 143 cm³/mol. The van der Waals surface area contributed by atoms with E-state index >= 15 is 0 Å². The molecule has 2 atom stereocenters. The number of carbonyl (C=O) groups is 3. The second-order valence-electron chi connectivity index (χ2n) is 10.9. The molecule has 10 heteroatoms. The Morgan fingerprint density at radius 2 is 1.76 bits per heavy atom. The highest BCUT2D eigenvalue weighted by atomic mass is 16.6. The molecule has 1 N–H and O–H groups in total. The highest BCUT2D eigenvalue weighted by Crippen LogP contribution is 2.32. The van der Waals surface area contributed by atoms with Gasteiger partial charge in [-0.1, -0.05) is 0 Å². The Labute approximate surface area is 226 Å². The van der Waals surface area contributed by atoms with Crippen LogP contribution in [0, 0.1) is 11.8 Å². The van der Waals surface area contributed by atoms with Gasteiger partial charge in [0.2, 0.25) is 0 Å². The van der Waals surface area contributed by atoms with Gasteiger partial charge >= 0.3 is 12.1 Å². The van der Waals surface area contributed by atoms with Crippen molar-refractivity contribution in [2.75, 3.05) is 47.1 Å². The summed E-state index contributed by atoms with van der Waals surface area (Å²) in [6.07, 6.45) is 0.694. The number of hydrogen-bond donors (Lipinski definition) is 1. The number of carboxylic acid groups (broad SMARTS) is 1. The molecule has 1 aromatic rings. The van der Waals surface area contributed by atoms with Gasteiger partial charge in [-0.2, -0.15) is 0 Å². The molecule has 38 heavy (non-hydrogen) atoms. The van der Waals surface area contributed by atoms with Crippen molar-refractivity contribution in [3.8, 4) is 11.5 Å². The Balaban J connectivity index is 2.23. The number of nitrogens with zero attached hydrogens (tertiary/aromatic N) is 2. The predicted octanol–water partition coefficient (Wildman–Crippen LogP) is 4.31. The summed E-state index contributed by atoms with van der Waals surface area (Å²) < 4.78 is 21.9. The molecular weight excluding hydrogens is 492 g/mol. The van der Waals surface area contributed by atoms with Crippen molar-refractivity contribution < 1.29 is 38.4 Å². The summed E-state index contributed by atoms with van der Waals surface area (Å²) in [6.45, 7) is 11.5. The van der Waals surface area contributed by atoms with Gasteiger partial charge in [0.15, 0.2) is 11.5 Å². The Bertz CT molecular complexity index is 943. The molecular formula is C28H44N2O8. The molecule has 1 heterocycles. The second-order valence-corrected chi connectivity index (χ2v) is 10.9. The van der Waals surface area contributed by atoms with E-state index in [0.29, 0.717) is 62.8 Å². The van der Waals surface area contributed by atoms with Crippen LogP contribution in [-0.2, 0) is 14.3 Å². The van der Waals surface area contributed by atoms with Crippen LogP contribution in [0.4, 0.5) is 4.79 Å². The molecule has 2 amide bonds. The van der Waals surface area contributed by atoms with Crippen molar-refractivity contribution in [1.82, 2.24) is 9.80 Å². The fraction of sp³-hybridized carbons (Fsp3) is 0.679. The van der Waals surface area contributed by atoms with Crippen molar-refractivity contribution in [2.45, 2.75) is 65.5 Å². The molecule has 0 aromatic heterocycles. The summed E-state index contributed by atoms with van der Waals surface area (Å²) >= 11 is 0. The van der Waals surface area contributed by atoms with Gasteiger partial charge in [-0.05, 0) is 71.1 Å². The minimum absolute atomic E-state index is 0.00119. The molecule has 0 unspecified atom stereocenters. The molecule has 0 saturated carbocycles. The zero-order valence-electron chi connectivity index (χ0n) is 23.8. The summed E-state index contributed by atoms with van der Waals surface area (Å²) in [6, 6.07) is 4.99. The smallest absolute Gasteiger partial charge is 0.410 e. The molecule has 1 aliphatic rings. The maximum atomic E-state index is 13.7. The summed E-state index contributed by atoms with van der Waals surface area (Å²) in [5.41, 5.74) is -0.172. The molecule has 0 radical (unpaired) electrons. The average molecular weight is 537 g/mol. The molecule has 0 aliphatic carbocycles. The topological polar surface area (TPSA) is 115 Å². The summed E-state index contributed by atoms with van der Waals surface area (Å²) in [4.78, 5) is 41.1. The fourth-order valence-corrected chi connectivity index (χ4v) is 4.51. The zero-order chi connectivity index (χ0) is 28.5. The van der Waals surface area contributed by atoms with E-state index in [4.69, 9.17) is 18.9 Å². The number of hydrogen-bond acceptors (Lipinski definition) is 7. The van der Waals surface area contributed by atoms with Crippen molar-refractivity contribution in [3.63, 3.8) is 0 Å². The Morgan fingerprint density at radius 3 is 2.34 bits per heavy atom.